The normalized spacial score (nSPS) is 11.5. The maximum atomic E-state index is 6.49. The fraction of sp³-hybridized carbons (Fsp3) is 0.143. The summed E-state index contributed by atoms with van der Waals surface area (Å²) in [6.07, 6.45) is 3.14. The molecular formula is C14H12ClN7. The van der Waals surface area contributed by atoms with E-state index in [9.17, 15) is 0 Å². The van der Waals surface area contributed by atoms with Crippen LogP contribution in [0.15, 0.2) is 24.7 Å². The van der Waals surface area contributed by atoms with Crippen LogP contribution in [0, 0.1) is 0 Å². The Kier molecular flexibility index (Phi) is 2.77. The van der Waals surface area contributed by atoms with E-state index in [0.717, 1.165) is 5.39 Å². The Labute approximate surface area is 130 Å². The smallest absolute Gasteiger partial charge is 0.164 e. The lowest BCUT2D eigenvalue weighted by atomic mass is 10.2. The van der Waals surface area contributed by atoms with Gasteiger partial charge in [-0.3, -0.25) is 0 Å². The number of hydrogen-bond acceptors (Lipinski definition) is 5. The van der Waals surface area contributed by atoms with Gasteiger partial charge in [-0.25, -0.2) is 19.6 Å². The first-order valence-electron chi connectivity index (χ1n) is 6.80. The summed E-state index contributed by atoms with van der Waals surface area (Å²) in [5.41, 5.74) is 8.74. The largest absolute Gasteiger partial charge is 0.383 e. The van der Waals surface area contributed by atoms with Crippen LogP contribution in [0.5, 0.6) is 0 Å². The third-order valence-corrected chi connectivity index (χ3v) is 3.99. The van der Waals surface area contributed by atoms with Gasteiger partial charge < -0.3 is 10.7 Å². The minimum Gasteiger partial charge on any atom is -0.383 e. The Bertz CT molecular complexity index is 1000. The second kappa shape index (κ2) is 4.67. The van der Waals surface area contributed by atoms with Crippen molar-refractivity contribution in [3.63, 3.8) is 0 Å². The van der Waals surface area contributed by atoms with Crippen molar-refractivity contribution < 1.29 is 0 Å². The lowest BCUT2D eigenvalue weighted by Gasteiger charge is -1.97. The molecule has 0 bridgehead atoms. The number of rotatable bonds is 2. The molecule has 0 saturated heterocycles. The molecule has 0 atom stereocenters. The number of nitrogens with one attached hydrogen (secondary N) is 1. The summed E-state index contributed by atoms with van der Waals surface area (Å²) in [5, 5.41) is 6.68. The topological polar surface area (TPSA) is 98.3 Å². The molecule has 0 spiro atoms. The quantitative estimate of drug-likeness (QED) is 0.592. The molecule has 0 radical (unpaired) electrons. The number of anilines is 1. The fourth-order valence-corrected chi connectivity index (χ4v) is 2.87. The van der Waals surface area contributed by atoms with E-state index in [4.69, 9.17) is 17.3 Å². The van der Waals surface area contributed by atoms with Crippen molar-refractivity contribution in [3.05, 3.63) is 29.7 Å². The van der Waals surface area contributed by atoms with Crippen molar-refractivity contribution >= 4 is 39.5 Å². The third-order valence-electron chi connectivity index (χ3n) is 3.60. The molecule has 4 aromatic heterocycles. The van der Waals surface area contributed by atoms with Crippen molar-refractivity contribution in [2.75, 3.05) is 5.73 Å². The molecule has 0 aromatic carbocycles. The molecule has 110 valence electrons. The van der Waals surface area contributed by atoms with Gasteiger partial charge in [0, 0.05) is 18.1 Å². The van der Waals surface area contributed by atoms with Gasteiger partial charge in [-0.2, -0.15) is 5.10 Å². The van der Waals surface area contributed by atoms with E-state index in [1.807, 2.05) is 19.1 Å². The predicted molar refractivity (Wildman–Crippen MR) is 85.5 cm³/mol. The molecule has 0 fully saturated rings. The highest BCUT2D eigenvalue weighted by Gasteiger charge is 2.21. The molecule has 4 heterocycles. The number of aromatic amines is 1. The van der Waals surface area contributed by atoms with Gasteiger partial charge in [-0.1, -0.05) is 11.6 Å². The van der Waals surface area contributed by atoms with Crippen molar-refractivity contribution in [2.24, 2.45) is 0 Å². The van der Waals surface area contributed by atoms with Gasteiger partial charge in [0.25, 0.3) is 0 Å². The van der Waals surface area contributed by atoms with E-state index in [1.54, 1.807) is 10.9 Å². The van der Waals surface area contributed by atoms with Crippen molar-refractivity contribution in [2.45, 2.75) is 13.5 Å². The van der Waals surface area contributed by atoms with Crippen LogP contribution in [-0.2, 0) is 6.54 Å². The number of H-pyrrole nitrogens is 1. The van der Waals surface area contributed by atoms with E-state index in [0.29, 0.717) is 45.5 Å². The number of nitrogens with zero attached hydrogens (tertiary/aromatic N) is 5. The fourth-order valence-electron chi connectivity index (χ4n) is 2.58. The number of nitrogens with two attached hydrogens (primary N) is 1. The first kappa shape index (κ1) is 13.0. The molecule has 0 aliphatic heterocycles. The predicted octanol–water partition coefficient (Wildman–Crippen LogP) is 2.63. The van der Waals surface area contributed by atoms with Gasteiger partial charge in [-0.15, -0.1) is 0 Å². The first-order valence-corrected chi connectivity index (χ1v) is 7.18. The number of aromatic nitrogens is 6. The van der Waals surface area contributed by atoms with Crippen LogP contribution < -0.4 is 5.73 Å². The number of hydrogen-bond donors (Lipinski definition) is 2. The molecule has 22 heavy (non-hydrogen) atoms. The summed E-state index contributed by atoms with van der Waals surface area (Å²) in [6, 6.07) is 3.75. The zero-order chi connectivity index (χ0) is 15.3. The standard InChI is InChI=1S/C14H12ClN7/c1-2-22-14-8(12(16)18-6-19-14)10(21-22)11-9(15)7-4-3-5-17-13(7)20-11/h3-6H,2H2,1H3,(H,17,20)(H2,16,18,19). The zero-order valence-electron chi connectivity index (χ0n) is 11.7. The molecule has 0 amide bonds. The van der Waals surface area contributed by atoms with Gasteiger partial charge >= 0.3 is 0 Å². The Hall–Kier alpha value is -2.67. The molecule has 0 saturated carbocycles. The van der Waals surface area contributed by atoms with E-state index in [-0.39, 0.29) is 0 Å². The third kappa shape index (κ3) is 1.69. The molecule has 8 heteroatoms. The molecule has 7 nitrogen and oxygen atoms in total. The lowest BCUT2D eigenvalue weighted by Crippen LogP contribution is -1.98. The summed E-state index contributed by atoms with van der Waals surface area (Å²) in [7, 11) is 0. The highest BCUT2D eigenvalue weighted by molar-refractivity contribution is 6.38. The summed E-state index contributed by atoms with van der Waals surface area (Å²) in [6.45, 7) is 2.66. The highest BCUT2D eigenvalue weighted by Crippen LogP contribution is 2.37. The van der Waals surface area contributed by atoms with Gasteiger partial charge in [0.05, 0.1) is 16.1 Å². The van der Waals surface area contributed by atoms with Crippen molar-refractivity contribution in [1.29, 1.82) is 0 Å². The summed E-state index contributed by atoms with van der Waals surface area (Å²) in [4.78, 5) is 15.8. The Morgan fingerprint density at radius 2 is 2.18 bits per heavy atom. The summed E-state index contributed by atoms with van der Waals surface area (Å²) in [5.74, 6) is 0.377. The molecular weight excluding hydrogens is 302 g/mol. The van der Waals surface area contributed by atoms with Crippen LogP contribution in [-0.4, -0.2) is 29.7 Å². The number of halogens is 1. The van der Waals surface area contributed by atoms with Crippen LogP contribution in [0.25, 0.3) is 33.5 Å². The Morgan fingerprint density at radius 1 is 1.32 bits per heavy atom. The zero-order valence-corrected chi connectivity index (χ0v) is 12.5. The molecule has 3 N–H and O–H groups in total. The van der Waals surface area contributed by atoms with Crippen molar-refractivity contribution in [3.8, 4) is 11.4 Å². The average molecular weight is 314 g/mol. The molecule has 4 aromatic rings. The molecule has 4 rings (SSSR count). The first-order chi connectivity index (χ1) is 10.7. The van der Waals surface area contributed by atoms with Gasteiger partial charge in [0.1, 0.15) is 23.5 Å². The minimum atomic E-state index is 0.377. The van der Waals surface area contributed by atoms with E-state index in [2.05, 4.69) is 25.0 Å². The second-order valence-corrected chi connectivity index (χ2v) is 5.21. The maximum Gasteiger partial charge on any atom is 0.164 e. The van der Waals surface area contributed by atoms with Crippen molar-refractivity contribution in [1.82, 2.24) is 29.7 Å². The van der Waals surface area contributed by atoms with E-state index in [1.165, 1.54) is 6.33 Å². The molecule has 0 unspecified atom stereocenters. The number of nitrogen functional groups attached to an aromatic ring is 1. The van der Waals surface area contributed by atoms with Crippen LogP contribution in [0.1, 0.15) is 6.92 Å². The number of aryl methyl sites for hydroxylation is 1. The molecule has 0 aliphatic rings. The number of fused-ring (bicyclic) bond motifs is 2. The minimum absolute atomic E-state index is 0.377. The van der Waals surface area contributed by atoms with Gasteiger partial charge in [0.2, 0.25) is 0 Å². The maximum absolute atomic E-state index is 6.49. The average Bonchev–Trinajstić information content (AvgIpc) is 3.07. The van der Waals surface area contributed by atoms with Crippen LogP contribution >= 0.6 is 11.6 Å². The summed E-state index contributed by atoms with van der Waals surface area (Å²) < 4.78 is 1.78. The number of pyridine rings is 1. The Balaban J connectivity index is 2.10. The lowest BCUT2D eigenvalue weighted by molar-refractivity contribution is 0.678. The monoisotopic (exact) mass is 313 g/mol. The van der Waals surface area contributed by atoms with Crippen LogP contribution in [0.2, 0.25) is 5.02 Å². The SMILES string of the molecule is CCn1nc(-c2[nH]c3ncccc3c2Cl)c2c(N)ncnc21. The van der Waals surface area contributed by atoms with Gasteiger partial charge in [0.15, 0.2) is 5.65 Å². The van der Waals surface area contributed by atoms with Crippen LogP contribution in [0.3, 0.4) is 0 Å². The summed E-state index contributed by atoms with van der Waals surface area (Å²) >= 11 is 6.49. The van der Waals surface area contributed by atoms with Crippen LogP contribution in [0.4, 0.5) is 5.82 Å². The molecule has 0 aliphatic carbocycles. The van der Waals surface area contributed by atoms with E-state index >= 15 is 0 Å². The Morgan fingerprint density at radius 3 is 2.95 bits per heavy atom. The highest BCUT2D eigenvalue weighted by atomic mass is 35.5. The van der Waals surface area contributed by atoms with E-state index < -0.39 is 0 Å². The second-order valence-electron chi connectivity index (χ2n) is 4.84. The van der Waals surface area contributed by atoms with Gasteiger partial charge in [-0.05, 0) is 19.1 Å².